The van der Waals surface area contributed by atoms with Crippen molar-refractivity contribution in [3.05, 3.63) is 28.7 Å². The van der Waals surface area contributed by atoms with Gasteiger partial charge in [0, 0.05) is 11.0 Å². The maximum atomic E-state index is 12.2. The predicted molar refractivity (Wildman–Crippen MR) is 105 cm³/mol. The second-order valence-electron chi connectivity index (χ2n) is 6.96. The van der Waals surface area contributed by atoms with Gasteiger partial charge in [-0.15, -0.1) is 0 Å². The van der Waals surface area contributed by atoms with E-state index in [2.05, 4.69) is 25.4 Å². The van der Waals surface area contributed by atoms with Crippen LogP contribution in [0.1, 0.15) is 40.0 Å². The van der Waals surface area contributed by atoms with Crippen LogP contribution in [-0.4, -0.2) is 39.6 Å². The summed E-state index contributed by atoms with van der Waals surface area (Å²) in [4.78, 5) is 24.2. The number of methoxy groups -OCH3 is 1. The molecule has 1 rings (SSSR count). The Kier molecular flexibility index (Phi) is 8.90. The van der Waals surface area contributed by atoms with Crippen LogP contribution in [0.25, 0.3) is 0 Å². The van der Waals surface area contributed by atoms with Crippen LogP contribution in [0.2, 0.25) is 0 Å². The number of halogens is 1. The summed E-state index contributed by atoms with van der Waals surface area (Å²) in [5.74, 6) is -2.30. The van der Waals surface area contributed by atoms with Crippen molar-refractivity contribution in [1.82, 2.24) is 4.72 Å². The molecule has 1 aromatic carbocycles. The summed E-state index contributed by atoms with van der Waals surface area (Å²) in [6, 6.07) is 6.30. The first-order valence-corrected chi connectivity index (χ1v) is 10.8. The Morgan fingerprint density at radius 3 is 2.22 bits per heavy atom. The zero-order valence-electron chi connectivity index (χ0n) is 16.0. The van der Waals surface area contributed by atoms with Gasteiger partial charge < -0.3 is 9.47 Å². The number of hydrogen-bond donors (Lipinski definition) is 1. The van der Waals surface area contributed by atoms with Gasteiger partial charge in [-0.05, 0) is 57.9 Å². The Hall–Kier alpha value is -1.45. The minimum atomic E-state index is -3.59. The fourth-order valence-corrected chi connectivity index (χ4v) is 3.56. The molecule has 1 atom stereocenters. The number of ether oxygens (including phenoxy) is 2. The molecule has 0 amide bonds. The van der Waals surface area contributed by atoms with E-state index in [0.29, 0.717) is 12.8 Å². The molecule has 9 heteroatoms. The highest BCUT2D eigenvalue weighted by atomic mass is 79.9. The normalized spacial score (nSPS) is 13.1. The molecule has 1 unspecified atom stereocenters. The number of sulfonamides is 1. The van der Waals surface area contributed by atoms with E-state index >= 15 is 0 Å². The molecule has 0 aromatic heterocycles. The van der Waals surface area contributed by atoms with E-state index in [1.165, 1.54) is 19.2 Å². The lowest BCUT2D eigenvalue weighted by Gasteiger charge is -2.22. The molecule has 0 heterocycles. The number of esters is 2. The minimum Gasteiger partial charge on any atom is -0.468 e. The van der Waals surface area contributed by atoms with Gasteiger partial charge in [-0.25, -0.2) is 13.1 Å². The van der Waals surface area contributed by atoms with E-state index in [1.54, 1.807) is 32.9 Å². The minimum absolute atomic E-state index is 0.173. The van der Waals surface area contributed by atoms with Crippen molar-refractivity contribution in [3.8, 4) is 0 Å². The number of benzene rings is 1. The molecular formula is C18H26BrNO6S. The summed E-state index contributed by atoms with van der Waals surface area (Å²) in [5, 5.41) is 0. The number of unbranched alkanes of at least 4 members (excludes halogenated alkanes) is 1. The van der Waals surface area contributed by atoms with Crippen LogP contribution in [0.15, 0.2) is 33.6 Å². The van der Waals surface area contributed by atoms with Crippen LogP contribution in [0, 0.1) is 5.92 Å². The highest BCUT2D eigenvalue weighted by molar-refractivity contribution is 9.10. The van der Waals surface area contributed by atoms with Gasteiger partial charge in [0.1, 0.15) is 5.60 Å². The van der Waals surface area contributed by atoms with Crippen LogP contribution >= 0.6 is 15.9 Å². The number of carbonyl (C=O) groups is 2. The third kappa shape index (κ3) is 8.40. The Bertz CT molecular complexity index is 740. The van der Waals surface area contributed by atoms with Crippen molar-refractivity contribution in [2.24, 2.45) is 5.92 Å². The number of rotatable bonds is 9. The van der Waals surface area contributed by atoms with Crippen molar-refractivity contribution in [1.29, 1.82) is 0 Å². The summed E-state index contributed by atoms with van der Waals surface area (Å²) in [5.41, 5.74) is -0.705. The lowest BCUT2D eigenvalue weighted by molar-refractivity contribution is -0.168. The molecule has 7 nitrogen and oxygen atoms in total. The van der Waals surface area contributed by atoms with Gasteiger partial charge in [0.15, 0.2) is 5.92 Å². The molecule has 1 aromatic rings. The Balaban J connectivity index is 2.52. The summed E-state index contributed by atoms with van der Waals surface area (Å²) < 4.78 is 37.6. The molecule has 27 heavy (non-hydrogen) atoms. The smallest absolute Gasteiger partial charge is 0.320 e. The van der Waals surface area contributed by atoms with E-state index in [0.717, 1.165) is 4.47 Å². The van der Waals surface area contributed by atoms with Crippen molar-refractivity contribution in [2.45, 2.75) is 50.5 Å². The zero-order valence-corrected chi connectivity index (χ0v) is 18.4. The standard InChI is InChI=1S/C18H26BrNO6S/c1-18(2,3)26-17(22)15(16(21)25-4)7-5-6-12-20-27(23,24)14-10-8-13(19)9-11-14/h8-11,15,20H,5-7,12H2,1-4H3. The summed E-state index contributed by atoms with van der Waals surface area (Å²) >= 11 is 3.26. The second kappa shape index (κ2) is 10.2. The summed E-state index contributed by atoms with van der Waals surface area (Å²) in [6.07, 6.45) is 1.15. The van der Waals surface area contributed by atoms with E-state index in [1.807, 2.05) is 0 Å². The Morgan fingerprint density at radius 2 is 1.70 bits per heavy atom. The molecular weight excluding hydrogens is 438 g/mol. The molecule has 0 aliphatic carbocycles. The maximum Gasteiger partial charge on any atom is 0.320 e. The van der Waals surface area contributed by atoms with E-state index in [9.17, 15) is 18.0 Å². The lowest BCUT2D eigenvalue weighted by atomic mass is 10.0. The second-order valence-corrected chi connectivity index (χ2v) is 9.64. The van der Waals surface area contributed by atoms with Gasteiger partial charge in [0.2, 0.25) is 10.0 Å². The number of nitrogens with one attached hydrogen (secondary N) is 1. The highest BCUT2D eigenvalue weighted by Crippen LogP contribution is 2.18. The molecule has 0 saturated heterocycles. The van der Waals surface area contributed by atoms with Crippen molar-refractivity contribution >= 4 is 37.9 Å². The van der Waals surface area contributed by atoms with Crippen molar-refractivity contribution < 1.29 is 27.5 Å². The van der Waals surface area contributed by atoms with E-state index < -0.39 is 33.5 Å². The zero-order chi connectivity index (χ0) is 20.7. The first kappa shape index (κ1) is 23.6. The molecule has 0 aliphatic heterocycles. The number of carbonyl (C=O) groups excluding carboxylic acids is 2. The fraction of sp³-hybridized carbons (Fsp3) is 0.556. The van der Waals surface area contributed by atoms with Crippen LogP contribution < -0.4 is 4.72 Å². The summed E-state index contributed by atoms with van der Waals surface area (Å²) in [7, 11) is -2.38. The molecule has 0 saturated carbocycles. The van der Waals surface area contributed by atoms with Gasteiger partial charge in [-0.1, -0.05) is 22.4 Å². The van der Waals surface area contributed by atoms with Crippen LogP contribution in [-0.2, 0) is 29.1 Å². The average molecular weight is 464 g/mol. The molecule has 0 spiro atoms. The Morgan fingerprint density at radius 1 is 1.11 bits per heavy atom. The third-order valence-electron chi connectivity index (χ3n) is 3.51. The first-order valence-electron chi connectivity index (χ1n) is 8.52. The quantitative estimate of drug-likeness (QED) is 0.343. The maximum absolute atomic E-state index is 12.2. The van der Waals surface area contributed by atoms with Crippen LogP contribution in [0.3, 0.4) is 0 Å². The van der Waals surface area contributed by atoms with Crippen LogP contribution in [0.4, 0.5) is 0 Å². The van der Waals surface area contributed by atoms with Gasteiger partial charge in [0.25, 0.3) is 0 Å². The monoisotopic (exact) mass is 463 g/mol. The van der Waals surface area contributed by atoms with E-state index in [4.69, 9.17) is 4.74 Å². The molecule has 0 aliphatic rings. The third-order valence-corrected chi connectivity index (χ3v) is 5.52. The lowest BCUT2D eigenvalue weighted by Crippen LogP contribution is -2.33. The van der Waals surface area contributed by atoms with Gasteiger partial charge in [-0.3, -0.25) is 9.59 Å². The molecule has 152 valence electrons. The number of hydrogen-bond acceptors (Lipinski definition) is 6. The largest absolute Gasteiger partial charge is 0.468 e. The first-order chi connectivity index (χ1) is 12.5. The molecule has 0 bridgehead atoms. The topological polar surface area (TPSA) is 98.8 Å². The molecule has 0 fully saturated rings. The highest BCUT2D eigenvalue weighted by Gasteiger charge is 2.31. The van der Waals surface area contributed by atoms with Crippen molar-refractivity contribution in [2.75, 3.05) is 13.7 Å². The SMILES string of the molecule is COC(=O)C(CCCCNS(=O)(=O)c1ccc(Br)cc1)C(=O)OC(C)(C)C. The van der Waals surface area contributed by atoms with Crippen LogP contribution in [0.5, 0.6) is 0 Å². The van der Waals surface area contributed by atoms with Gasteiger partial charge in [0.05, 0.1) is 12.0 Å². The Labute approximate surface area is 169 Å². The van der Waals surface area contributed by atoms with Gasteiger partial charge in [-0.2, -0.15) is 0 Å². The van der Waals surface area contributed by atoms with Crippen molar-refractivity contribution in [3.63, 3.8) is 0 Å². The fourth-order valence-electron chi connectivity index (χ4n) is 2.22. The summed E-state index contributed by atoms with van der Waals surface area (Å²) in [6.45, 7) is 5.35. The van der Waals surface area contributed by atoms with Gasteiger partial charge >= 0.3 is 11.9 Å². The predicted octanol–water partition coefficient (Wildman–Crippen LogP) is 3.03. The van der Waals surface area contributed by atoms with E-state index in [-0.39, 0.29) is 17.9 Å². The average Bonchev–Trinajstić information content (AvgIpc) is 2.56. The molecule has 0 radical (unpaired) electrons. The molecule has 1 N–H and O–H groups in total.